The number of amides is 2. The zero-order valence-corrected chi connectivity index (χ0v) is 14.0. The molecule has 1 aromatic carbocycles. The van der Waals surface area contributed by atoms with Gasteiger partial charge in [0.1, 0.15) is 11.8 Å². The van der Waals surface area contributed by atoms with Crippen molar-refractivity contribution in [3.8, 4) is 5.75 Å². The third kappa shape index (κ3) is 5.58. The Morgan fingerprint density at radius 1 is 1.13 bits per heavy atom. The topological polar surface area (TPSA) is 58.6 Å². The molecule has 1 saturated heterocycles. The summed E-state index contributed by atoms with van der Waals surface area (Å²) in [7, 11) is 0. The maximum atomic E-state index is 12.7. The highest BCUT2D eigenvalue weighted by atomic mass is 16.6. The van der Waals surface area contributed by atoms with E-state index in [4.69, 9.17) is 4.74 Å². The summed E-state index contributed by atoms with van der Waals surface area (Å²) < 4.78 is 5.24. The molecule has 23 heavy (non-hydrogen) atoms. The number of para-hydroxylation sites is 1. The van der Waals surface area contributed by atoms with Crippen LogP contribution in [0, 0.1) is 5.92 Å². The molecule has 1 fully saturated rings. The van der Waals surface area contributed by atoms with Crippen LogP contribution in [-0.4, -0.2) is 36.0 Å². The van der Waals surface area contributed by atoms with E-state index in [1.807, 2.05) is 24.8 Å². The normalized spacial score (nSPS) is 16.0. The van der Waals surface area contributed by atoms with Gasteiger partial charge >= 0.3 is 6.09 Å². The molecule has 0 unspecified atom stereocenters. The summed E-state index contributed by atoms with van der Waals surface area (Å²) in [5.41, 5.74) is 0. The third-order valence-corrected chi connectivity index (χ3v) is 3.92. The summed E-state index contributed by atoms with van der Waals surface area (Å²) in [6, 6.07) is 8.35. The van der Waals surface area contributed by atoms with E-state index in [2.05, 4.69) is 5.32 Å². The van der Waals surface area contributed by atoms with Crippen molar-refractivity contribution in [1.82, 2.24) is 10.2 Å². The van der Waals surface area contributed by atoms with E-state index in [-0.39, 0.29) is 5.91 Å². The lowest BCUT2D eigenvalue weighted by atomic mass is 10.0. The fourth-order valence-corrected chi connectivity index (χ4v) is 2.79. The number of rotatable bonds is 5. The fraction of sp³-hybridized carbons (Fsp3) is 0.556. The number of carbonyl (C=O) groups is 2. The maximum absolute atomic E-state index is 12.7. The highest BCUT2D eigenvalue weighted by Crippen LogP contribution is 2.14. The summed E-state index contributed by atoms with van der Waals surface area (Å²) in [5.74, 6) is 0.785. The lowest BCUT2D eigenvalue weighted by Crippen LogP contribution is -2.51. The minimum Gasteiger partial charge on any atom is -0.410 e. The van der Waals surface area contributed by atoms with Crippen molar-refractivity contribution in [3.05, 3.63) is 30.3 Å². The lowest BCUT2D eigenvalue weighted by molar-refractivity contribution is -0.134. The number of nitrogens with zero attached hydrogens (tertiary/aromatic N) is 1. The largest absolute Gasteiger partial charge is 0.413 e. The summed E-state index contributed by atoms with van der Waals surface area (Å²) in [6.45, 7) is 5.65. The molecule has 1 aromatic rings. The molecule has 126 valence electrons. The van der Waals surface area contributed by atoms with E-state index in [9.17, 15) is 9.59 Å². The Balaban J connectivity index is 1.96. The Morgan fingerprint density at radius 3 is 2.39 bits per heavy atom. The molecule has 0 radical (unpaired) electrons. The number of likely N-dealkylation sites (tertiary alicyclic amines) is 1. The number of carbonyl (C=O) groups excluding carboxylic acids is 2. The van der Waals surface area contributed by atoms with E-state index in [1.54, 1.807) is 24.3 Å². The molecule has 5 heteroatoms. The van der Waals surface area contributed by atoms with Gasteiger partial charge in [-0.15, -0.1) is 0 Å². The quantitative estimate of drug-likeness (QED) is 0.907. The summed E-state index contributed by atoms with van der Waals surface area (Å²) in [6.07, 6.45) is 3.28. The first-order chi connectivity index (χ1) is 11.1. The van der Waals surface area contributed by atoms with Gasteiger partial charge < -0.3 is 15.0 Å². The first-order valence-corrected chi connectivity index (χ1v) is 8.38. The van der Waals surface area contributed by atoms with Crippen LogP contribution in [0.3, 0.4) is 0 Å². The molecule has 1 atom stereocenters. The van der Waals surface area contributed by atoms with Gasteiger partial charge in [0.15, 0.2) is 0 Å². The van der Waals surface area contributed by atoms with E-state index < -0.39 is 12.1 Å². The maximum Gasteiger partial charge on any atom is 0.413 e. The number of hydrogen-bond acceptors (Lipinski definition) is 3. The van der Waals surface area contributed by atoms with Crippen molar-refractivity contribution >= 4 is 12.0 Å². The predicted octanol–water partition coefficient (Wildman–Crippen LogP) is 3.20. The molecule has 0 aliphatic carbocycles. The van der Waals surface area contributed by atoms with Crippen molar-refractivity contribution in [2.45, 2.75) is 45.6 Å². The van der Waals surface area contributed by atoms with Crippen LogP contribution in [0.2, 0.25) is 0 Å². The van der Waals surface area contributed by atoms with Gasteiger partial charge in [-0.3, -0.25) is 4.79 Å². The highest BCUT2D eigenvalue weighted by molar-refractivity contribution is 5.86. The first kappa shape index (κ1) is 17.3. The van der Waals surface area contributed by atoms with Gasteiger partial charge in [0.05, 0.1) is 0 Å². The fourth-order valence-electron chi connectivity index (χ4n) is 2.79. The molecule has 0 bridgehead atoms. The van der Waals surface area contributed by atoms with Gasteiger partial charge in [0.25, 0.3) is 0 Å². The molecule has 1 aliphatic heterocycles. The first-order valence-electron chi connectivity index (χ1n) is 8.38. The predicted molar refractivity (Wildman–Crippen MR) is 89.3 cm³/mol. The zero-order valence-electron chi connectivity index (χ0n) is 14.0. The highest BCUT2D eigenvalue weighted by Gasteiger charge is 2.28. The van der Waals surface area contributed by atoms with Gasteiger partial charge in [-0.25, -0.2) is 4.79 Å². The van der Waals surface area contributed by atoms with Crippen molar-refractivity contribution in [2.75, 3.05) is 13.1 Å². The Bertz CT molecular complexity index is 510. The number of piperidine rings is 1. The molecule has 0 spiro atoms. The molecule has 2 amide bonds. The molecular formula is C18H26N2O3. The van der Waals surface area contributed by atoms with Gasteiger partial charge in [-0.1, -0.05) is 32.0 Å². The van der Waals surface area contributed by atoms with Crippen LogP contribution in [0.1, 0.15) is 39.5 Å². The molecule has 2 rings (SSSR count). The van der Waals surface area contributed by atoms with E-state index >= 15 is 0 Å². The number of nitrogens with one attached hydrogen (secondary N) is 1. The minimum atomic E-state index is -0.577. The van der Waals surface area contributed by atoms with Gasteiger partial charge in [-0.2, -0.15) is 0 Å². The number of hydrogen-bond donors (Lipinski definition) is 1. The van der Waals surface area contributed by atoms with Crippen LogP contribution in [0.25, 0.3) is 0 Å². The van der Waals surface area contributed by atoms with Crippen LogP contribution in [-0.2, 0) is 4.79 Å². The van der Waals surface area contributed by atoms with Crippen LogP contribution >= 0.6 is 0 Å². The zero-order chi connectivity index (χ0) is 16.7. The lowest BCUT2D eigenvalue weighted by Gasteiger charge is -2.31. The molecule has 0 aromatic heterocycles. The molecule has 1 heterocycles. The van der Waals surface area contributed by atoms with Crippen LogP contribution in [0.15, 0.2) is 30.3 Å². The van der Waals surface area contributed by atoms with Gasteiger partial charge in [-0.05, 0) is 43.7 Å². The van der Waals surface area contributed by atoms with Crippen LogP contribution in [0.4, 0.5) is 4.79 Å². The van der Waals surface area contributed by atoms with Crippen LogP contribution in [0.5, 0.6) is 5.75 Å². The Kier molecular flexibility index (Phi) is 6.44. The second-order valence-electron chi connectivity index (χ2n) is 6.41. The number of benzene rings is 1. The average molecular weight is 318 g/mol. The smallest absolute Gasteiger partial charge is 0.410 e. The van der Waals surface area contributed by atoms with Crippen molar-refractivity contribution in [1.29, 1.82) is 0 Å². The van der Waals surface area contributed by atoms with E-state index in [1.165, 1.54) is 6.42 Å². The van der Waals surface area contributed by atoms with Crippen molar-refractivity contribution in [3.63, 3.8) is 0 Å². The van der Waals surface area contributed by atoms with Crippen molar-refractivity contribution in [2.24, 2.45) is 5.92 Å². The Labute approximate surface area is 138 Å². The summed E-state index contributed by atoms with van der Waals surface area (Å²) in [5, 5.41) is 2.74. The molecule has 0 saturated carbocycles. The molecule has 1 N–H and O–H groups in total. The molecular weight excluding hydrogens is 292 g/mol. The minimum absolute atomic E-state index is 0.00316. The SMILES string of the molecule is CC(C)C[C@@H](NC(=O)Oc1ccccc1)C(=O)N1CCCCC1. The van der Waals surface area contributed by atoms with Gasteiger partial charge in [0.2, 0.25) is 5.91 Å². The molecule has 5 nitrogen and oxygen atoms in total. The average Bonchev–Trinajstić information content (AvgIpc) is 2.55. The summed E-state index contributed by atoms with van der Waals surface area (Å²) >= 11 is 0. The standard InChI is InChI=1S/C18H26N2O3/c1-14(2)13-16(17(21)20-11-7-4-8-12-20)19-18(22)23-15-9-5-3-6-10-15/h3,5-6,9-10,14,16H,4,7-8,11-13H2,1-2H3,(H,19,22)/t16-/m1/s1. The second kappa shape index (κ2) is 8.56. The van der Waals surface area contributed by atoms with Crippen LogP contribution < -0.4 is 10.1 Å². The Morgan fingerprint density at radius 2 is 1.78 bits per heavy atom. The third-order valence-electron chi connectivity index (χ3n) is 3.92. The summed E-state index contributed by atoms with van der Waals surface area (Å²) in [4.78, 5) is 26.6. The van der Waals surface area contributed by atoms with Gasteiger partial charge in [0, 0.05) is 13.1 Å². The Hall–Kier alpha value is -2.04. The van der Waals surface area contributed by atoms with Crippen molar-refractivity contribution < 1.29 is 14.3 Å². The van der Waals surface area contributed by atoms with E-state index in [0.29, 0.717) is 18.1 Å². The van der Waals surface area contributed by atoms with E-state index in [0.717, 1.165) is 25.9 Å². The molecule has 1 aliphatic rings. The monoisotopic (exact) mass is 318 g/mol. The second-order valence-corrected chi connectivity index (χ2v) is 6.41. The number of ether oxygens (including phenoxy) is 1.